The second-order valence-electron chi connectivity index (χ2n) is 6.02. The van der Waals surface area contributed by atoms with E-state index in [1.165, 1.54) is 12.8 Å². The number of ether oxygens (including phenoxy) is 3. The summed E-state index contributed by atoms with van der Waals surface area (Å²) in [6, 6.07) is 3.67. The number of benzene rings is 1. The van der Waals surface area contributed by atoms with Crippen LogP contribution in [0.1, 0.15) is 44.2 Å². The van der Waals surface area contributed by atoms with E-state index in [0.29, 0.717) is 13.2 Å². The highest BCUT2D eigenvalue weighted by molar-refractivity contribution is 9.10. The highest BCUT2D eigenvalue weighted by Gasteiger charge is 2.20. The van der Waals surface area contributed by atoms with Gasteiger partial charge in [-0.2, -0.15) is 0 Å². The second-order valence-corrected chi connectivity index (χ2v) is 6.88. The fraction of sp³-hybridized carbons (Fsp3) is 0.588. The van der Waals surface area contributed by atoms with E-state index in [1.807, 2.05) is 19.1 Å². The summed E-state index contributed by atoms with van der Waals surface area (Å²) in [5.41, 5.74) is 0.962. The number of rotatable bonds is 5. The van der Waals surface area contributed by atoms with Crippen molar-refractivity contribution in [3.63, 3.8) is 0 Å². The highest BCUT2D eigenvalue weighted by Crippen LogP contribution is 2.37. The first-order chi connectivity index (χ1) is 11.1. The molecule has 0 saturated heterocycles. The topological polar surface area (TPSA) is 56.8 Å². The Morgan fingerprint density at radius 2 is 1.96 bits per heavy atom. The van der Waals surface area contributed by atoms with Gasteiger partial charge in [-0.25, -0.2) is 0 Å². The Bertz CT molecular complexity index is 572. The molecule has 2 aliphatic rings. The molecule has 6 heteroatoms. The van der Waals surface area contributed by atoms with E-state index in [-0.39, 0.29) is 24.7 Å². The minimum absolute atomic E-state index is 0.0915. The molecule has 1 aliphatic carbocycles. The van der Waals surface area contributed by atoms with Crippen LogP contribution in [-0.4, -0.2) is 31.8 Å². The summed E-state index contributed by atoms with van der Waals surface area (Å²) in [5.74, 6) is 1.36. The van der Waals surface area contributed by atoms with E-state index in [0.717, 1.165) is 34.4 Å². The summed E-state index contributed by atoms with van der Waals surface area (Å²) in [4.78, 5) is 12.1. The van der Waals surface area contributed by atoms with Crippen LogP contribution in [0.2, 0.25) is 0 Å². The lowest BCUT2D eigenvalue weighted by molar-refractivity contribution is -0.128. The SMILES string of the molecule is C[C@H](NC(=O)COC1CCCC1)c1cc2c(cc1Br)OCCO2. The molecule has 0 bridgehead atoms. The molecule has 1 aromatic rings. The maximum absolute atomic E-state index is 12.1. The molecule has 1 atom stereocenters. The van der Waals surface area contributed by atoms with Crippen LogP contribution >= 0.6 is 15.9 Å². The van der Waals surface area contributed by atoms with Crippen molar-refractivity contribution in [3.05, 3.63) is 22.2 Å². The van der Waals surface area contributed by atoms with Gasteiger partial charge in [-0.15, -0.1) is 0 Å². The number of fused-ring (bicyclic) bond motifs is 1. The average Bonchev–Trinajstić information content (AvgIpc) is 3.05. The van der Waals surface area contributed by atoms with Crippen LogP contribution in [0.5, 0.6) is 11.5 Å². The van der Waals surface area contributed by atoms with Gasteiger partial charge in [0, 0.05) is 4.47 Å². The Labute approximate surface area is 144 Å². The largest absolute Gasteiger partial charge is 0.486 e. The fourth-order valence-corrected chi connectivity index (χ4v) is 3.69. The zero-order valence-electron chi connectivity index (χ0n) is 13.3. The Morgan fingerprint density at radius 3 is 2.65 bits per heavy atom. The third-order valence-electron chi connectivity index (χ3n) is 4.26. The molecule has 3 rings (SSSR count). The zero-order valence-corrected chi connectivity index (χ0v) is 14.9. The van der Waals surface area contributed by atoms with E-state index < -0.39 is 0 Å². The van der Waals surface area contributed by atoms with Gasteiger partial charge in [0.15, 0.2) is 11.5 Å². The van der Waals surface area contributed by atoms with Crippen molar-refractivity contribution in [2.45, 2.75) is 44.8 Å². The maximum atomic E-state index is 12.1. The molecule has 0 spiro atoms. The van der Waals surface area contributed by atoms with Crippen molar-refractivity contribution in [2.75, 3.05) is 19.8 Å². The van der Waals surface area contributed by atoms with E-state index >= 15 is 0 Å². The molecule has 1 heterocycles. The average molecular weight is 384 g/mol. The number of carbonyl (C=O) groups is 1. The number of hydrogen-bond donors (Lipinski definition) is 1. The molecular weight excluding hydrogens is 362 g/mol. The van der Waals surface area contributed by atoms with Crippen molar-refractivity contribution in [1.82, 2.24) is 5.32 Å². The molecule has 0 unspecified atom stereocenters. The lowest BCUT2D eigenvalue weighted by Gasteiger charge is -2.22. The summed E-state index contributed by atoms with van der Waals surface area (Å²) in [6.07, 6.45) is 4.78. The summed E-state index contributed by atoms with van der Waals surface area (Å²) in [5, 5.41) is 2.98. The third kappa shape index (κ3) is 4.18. The lowest BCUT2D eigenvalue weighted by Crippen LogP contribution is -2.31. The molecule has 1 fully saturated rings. The van der Waals surface area contributed by atoms with Gasteiger partial charge in [0.1, 0.15) is 19.8 Å². The van der Waals surface area contributed by atoms with Crippen molar-refractivity contribution < 1.29 is 19.0 Å². The predicted molar refractivity (Wildman–Crippen MR) is 89.9 cm³/mol. The normalized spacial score (nSPS) is 18.7. The fourth-order valence-electron chi connectivity index (χ4n) is 3.02. The predicted octanol–water partition coefficient (Wildman–Crippen LogP) is 3.36. The monoisotopic (exact) mass is 383 g/mol. The van der Waals surface area contributed by atoms with E-state index in [9.17, 15) is 4.79 Å². The number of halogens is 1. The Balaban J connectivity index is 1.58. The third-order valence-corrected chi connectivity index (χ3v) is 4.94. The van der Waals surface area contributed by atoms with Crippen LogP contribution in [0.25, 0.3) is 0 Å². The van der Waals surface area contributed by atoms with Crippen LogP contribution in [-0.2, 0) is 9.53 Å². The standard InChI is InChI=1S/C17H22BrNO4/c1-11(19-17(20)10-23-12-4-2-3-5-12)13-8-15-16(9-14(13)18)22-7-6-21-15/h8-9,11-12H,2-7,10H2,1H3,(H,19,20)/t11-/m0/s1. The molecule has 1 N–H and O–H groups in total. The Morgan fingerprint density at radius 1 is 1.30 bits per heavy atom. The zero-order chi connectivity index (χ0) is 16.2. The minimum Gasteiger partial charge on any atom is -0.486 e. The van der Waals surface area contributed by atoms with Crippen molar-refractivity contribution in [3.8, 4) is 11.5 Å². The molecular formula is C17H22BrNO4. The van der Waals surface area contributed by atoms with E-state index in [4.69, 9.17) is 14.2 Å². The Kier molecular flexibility index (Phi) is 5.43. The first-order valence-electron chi connectivity index (χ1n) is 8.13. The summed E-state index contributed by atoms with van der Waals surface area (Å²) in [6.45, 7) is 3.18. The van der Waals surface area contributed by atoms with Crippen LogP contribution in [0, 0.1) is 0 Å². The number of nitrogens with one attached hydrogen (secondary N) is 1. The first-order valence-corrected chi connectivity index (χ1v) is 8.93. The first kappa shape index (κ1) is 16.6. The van der Waals surface area contributed by atoms with E-state index in [2.05, 4.69) is 21.2 Å². The van der Waals surface area contributed by atoms with Gasteiger partial charge >= 0.3 is 0 Å². The molecule has 1 aromatic carbocycles. The highest BCUT2D eigenvalue weighted by atomic mass is 79.9. The van der Waals surface area contributed by atoms with Crippen LogP contribution in [0.15, 0.2) is 16.6 Å². The van der Waals surface area contributed by atoms with Gasteiger partial charge in [-0.05, 0) is 37.5 Å². The van der Waals surface area contributed by atoms with Crippen LogP contribution in [0.3, 0.4) is 0 Å². The minimum atomic E-state index is -0.139. The number of carbonyl (C=O) groups excluding carboxylic acids is 1. The summed E-state index contributed by atoms with van der Waals surface area (Å²) >= 11 is 3.54. The quantitative estimate of drug-likeness (QED) is 0.846. The smallest absolute Gasteiger partial charge is 0.246 e. The molecule has 0 aromatic heterocycles. The summed E-state index contributed by atoms with van der Waals surface area (Å²) in [7, 11) is 0. The van der Waals surface area contributed by atoms with Gasteiger partial charge in [-0.3, -0.25) is 4.79 Å². The molecule has 1 saturated carbocycles. The van der Waals surface area contributed by atoms with E-state index in [1.54, 1.807) is 0 Å². The molecule has 23 heavy (non-hydrogen) atoms. The number of amides is 1. The van der Waals surface area contributed by atoms with Crippen LogP contribution < -0.4 is 14.8 Å². The van der Waals surface area contributed by atoms with Gasteiger partial charge in [0.05, 0.1) is 12.1 Å². The molecule has 0 radical (unpaired) electrons. The van der Waals surface area contributed by atoms with Gasteiger partial charge in [0.2, 0.25) is 5.91 Å². The molecule has 1 amide bonds. The van der Waals surface area contributed by atoms with Gasteiger partial charge in [-0.1, -0.05) is 28.8 Å². The maximum Gasteiger partial charge on any atom is 0.246 e. The molecule has 126 valence electrons. The van der Waals surface area contributed by atoms with Gasteiger partial charge < -0.3 is 19.5 Å². The Hall–Kier alpha value is -1.27. The lowest BCUT2D eigenvalue weighted by atomic mass is 10.1. The van der Waals surface area contributed by atoms with Crippen LogP contribution in [0.4, 0.5) is 0 Å². The van der Waals surface area contributed by atoms with Gasteiger partial charge in [0.25, 0.3) is 0 Å². The molecule has 1 aliphatic heterocycles. The van der Waals surface area contributed by atoms with Crippen molar-refractivity contribution in [1.29, 1.82) is 0 Å². The second kappa shape index (κ2) is 7.53. The summed E-state index contributed by atoms with van der Waals surface area (Å²) < 4.78 is 17.7. The van der Waals surface area contributed by atoms with Crippen molar-refractivity contribution in [2.24, 2.45) is 0 Å². The van der Waals surface area contributed by atoms with Crippen molar-refractivity contribution >= 4 is 21.8 Å². The number of hydrogen-bond acceptors (Lipinski definition) is 4. The molecule has 5 nitrogen and oxygen atoms in total.